The number of hydrogen-bond donors (Lipinski definition) is 4. The van der Waals surface area contributed by atoms with E-state index in [0.29, 0.717) is 6.42 Å². The summed E-state index contributed by atoms with van der Waals surface area (Å²) in [6, 6.07) is 0. The molecule has 0 fully saturated rings. The van der Waals surface area contributed by atoms with Crippen LogP contribution in [-0.2, 0) is 4.79 Å². The van der Waals surface area contributed by atoms with Crippen LogP contribution in [-0.4, -0.2) is 18.7 Å². The molecule has 5 heteroatoms. The fourth-order valence-corrected chi connectivity index (χ4v) is 0.693. The molecule has 0 spiro atoms. The third-order valence-electron chi connectivity index (χ3n) is 1.23. The summed E-state index contributed by atoms with van der Waals surface area (Å²) in [7, 11) is 0. The Morgan fingerprint density at radius 3 is 2.45 bits per heavy atom. The van der Waals surface area contributed by atoms with Crippen LogP contribution in [0.1, 0.15) is 19.3 Å². The Morgan fingerprint density at radius 1 is 1.36 bits per heavy atom. The lowest BCUT2D eigenvalue weighted by Gasteiger charge is -2.06. The predicted molar refractivity (Wildman–Crippen MR) is 43.2 cm³/mol. The number of carbonyl (C=O) groups excluding carboxylic acids is 1. The van der Waals surface area contributed by atoms with Gasteiger partial charge in [-0.3, -0.25) is 10.1 Å². The fraction of sp³-hybridized carbons (Fsp3) is 0.833. The zero-order valence-electron chi connectivity index (χ0n) is 6.55. The van der Waals surface area contributed by atoms with Gasteiger partial charge in [-0.1, -0.05) is 0 Å². The summed E-state index contributed by atoms with van der Waals surface area (Å²) >= 11 is 0. The number of primary amides is 1. The van der Waals surface area contributed by atoms with Crippen molar-refractivity contribution >= 4 is 5.91 Å². The maximum Gasteiger partial charge on any atom is 0.217 e. The second-order valence-electron chi connectivity index (χ2n) is 2.40. The van der Waals surface area contributed by atoms with E-state index >= 15 is 0 Å². The van der Waals surface area contributed by atoms with Crippen molar-refractivity contribution in [3.8, 4) is 0 Å². The Bertz CT molecular complexity index is 115. The van der Waals surface area contributed by atoms with Crippen LogP contribution in [0.4, 0.5) is 0 Å². The van der Waals surface area contributed by atoms with Crippen LogP contribution < -0.4 is 22.5 Å². The van der Waals surface area contributed by atoms with Gasteiger partial charge < -0.3 is 17.2 Å². The van der Waals surface area contributed by atoms with E-state index in [1.807, 2.05) is 0 Å². The average molecular weight is 160 g/mol. The molecule has 0 aliphatic rings. The number of rotatable bonds is 6. The minimum Gasteiger partial charge on any atom is -0.370 e. The average Bonchev–Trinajstić information content (AvgIpc) is 1.85. The summed E-state index contributed by atoms with van der Waals surface area (Å²) in [5.41, 5.74) is 15.3. The van der Waals surface area contributed by atoms with Gasteiger partial charge in [-0.25, -0.2) is 0 Å². The van der Waals surface area contributed by atoms with Crippen LogP contribution in [0.25, 0.3) is 0 Å². The highest BCUT2D eigenvalue weighted by atomic mass is 16.1. The van der Waals surface area contributed by atoms with Gasteiger partial charge in [0.25, 0.3) is 0 Å². The number of carbonyl (C=O) groups is 1. The molecule has 0 aromatic rings. The molecule has 0 heterocycles. The van der Waals surface area contributed by atoms with Crippen LogP contribution in [0.15, 0.2) is 0 Å². The van der Waals surface area contributed by atoms with Crippen molar-refractivity contribution in [1.29, 1.82) is 0 Å². The van der Waals surface area contributed by atoms with Crippen molar-refractivity contribution in [2.75, 3.05) is 6.54 Å². The van der Waals surface area contributed by atoms with E-state index in [0.717, 1.165) is 19.4 Å². The molecule has 0 saturated heterocycles. The molecule has 7 N–H and O–H groups in total. The minimum absolute atomic E-state index is 0.262. The number of hydrogen-bond acceptors (Lipinski definition) is 4. The maximum atomic E-state index is 10.2. The SMILES string of the molecule is NC(=O)CCCCNC(N)N. The van der Waals surface area contributed by atoms with E-state index in [-0.39, 0.29) is 5.91 Å². The van der Waals surface area contributed by atoms with Crippen LogP contribution in [0.2, 0.25) is 0 Å². The van der Waals surface area contributed by atoms with Gasteiger partial charge in [0.2, 0.25) is 5.91 Å². The summed E-state index contributed by atoms with van der Waals surface area (Å²) in [6.45, 7) is 0.727. The molecule has 0 aromatic heterocycles. The van der Waals surface area contributed by atoms with E-state index in [1.165, 1.54) is 0 Å². The number of nitrogens with two attached hydrogens (primary N) is 3. The second kappa shape index (κ2) is 6.09. The molecular formula is C6H16N4O. The topological polar surface area (TPSA) is 107 Å². The quantitative estimate of drug-likeness (QED) is 0.278. The third kappa shape index (κ3) is 9.35. The molecule has 66 valence electrons. The molecular weight excluding hydrogens is 144 g/mol. The Balaban J connectivity index is 2.97. The summed E-state index contributed by atoms with van der Waals surface area (Å²) in [6.07, 6.45) is 1.62. The molecule has 0 atom stereocenters. The van der Waals surface area contributed by atoms with Crippen molar-refractivity contribution < 1.29 is 4.79 Å². The van der Waals surface area contributed by atoms with Crippen LogP contribution in [0.3, 0.4) is 0 Å². The Hall–Kier alpha value is -0.650. The van der Waals surface area contributed by atoms with Crippen LogP contribution in [0, 0.1) is 0 Å². The molecule has 0 saturated carbocycles. The first-order chi connectivity index (χ1) is 5.13. The Labute approximate surface area is 66.3 Å². The van der Waals surface area contributed by atoms with E-state index in [2.05, 4.69) is 5.32 Å². The normalized spacial score (nSPS) is 10.5. The molecule has 0 aromatic carbocycles. The van der Waals surface area contributed by atoms with Gasteiger partial charge in [0, 0.05) is 6.42 Å². The zero-order valence-corrected chi connectivity index (χ0v) is 6.55. The number of unbranched alkanes of at least 4 members (excludes halogenated alkanes) is 1. The number of nitrogens with one attached hydrogen (secondary N) is 1. The second-order valence-corrected chi connectivity index (χ2v) is 2.40. The molecule has 0 aliphatic carbocycles. The van der Waals surface area contributed by atoms with Crippen LogP contribution in [0.5, 0.6) is 0 Å². The lowest BCUT2D eigenvalue weighted by Crippen LogP contribution is -2.45. The third-order valence-corrected chi connectivity index (χ3v) is 1.23. The molecule has 1 amide bonds. The Kier molecular flexibility index (Phi) is 5.73. The van der Waals surface area contributed by atoms with Gasteiger partial charge in [0.05, 0.1) is 0 Å². The van der Waals surface area contributed by atoms with Crippen LogP contribution >= 0.6 is 0 Å². The first-order valence-electron chi connectivity index (χ1n) is 3.66. The van der Waals surface area contributed by atoms with Crippen molar-refractivity contribution in [2.24, 2.45) is 17.2 Å². The van der Waals surface area contributed by atoms with Crippen molar-refractivity contribution in [2.45, 2.75) is 25.6 Å². The lowest BCUT2D eigenvalue weighted by molar-refractivity contribution is -0.118. The first kappa shape index (κ1) is 10.3. The molecule has 0 bridgehead atoms. The molecule has 0 radical (unpaired) electrons. The van der Waals surface area contributed by atoms with E-state index in [4.69, 9.17) is 17.2 Å². The summed E-state index contributed by atoms with van der Waals surface area (Å²) in [5, 5.41) is 2.82. The molecule has 0 unspecified atom stereocenters. The van der Waals surface area contributed by atoms with Gasteiger partial charge in [-0.15, -0.1) is 0 Å². The van der Waals surface area contributed by atoms with Crippen molar-refractivity contribution in [3.05, 3.63) is 0 Å². The van der Waals surface area contributed by atoms with Crippen molar-refractivity contribution in [3.63, 3.8) is 0 Å². The Morgan fingerprint density at radius 2 is 2.00 bits per heavy atom. The lowest BCUT2D eigenvalue weighted by atomic mass is 10.2. The highest BCUT2D eigenvalue weighted by Gasteiger charge is 1.94. The van der Waals surface area contributed by atoms with E-state index in [1.54, 1.807) is 0 Å². The monoisotopic (exact) mass is 160 g/mol. The van der Waals surface area contributed by atoms with E-state index in [9.17, 15) is 4.79 Å². The fourth-order valence-electron chi connectivity index (χ4n) is 0.693. The molecule has 0 aliphatic heterocycles. The molecule has 11 heavy (non-hydrogen) atoms. The first-order valence-corrected chi connectivity index (χ1v) is 3.66. The van der Waals surface area contributed by atoms with Gasteiger partial charge >= 0.3 is 0 Å². The predicted octanol–water partition coefficient (Wildman–Crippen LogP) is -1.57. The van der Waals surface area contributed by atoms with Crippen molar-refractivity contribution in [1.82, 2.24) is 5.32 Å². The highest BCUT2D eigenvalue weighted by molar-refractivity contribution is 5.73. The van der Waals surface area contributed by atoms with Gasteiger partial charge in [-0.2, -0.15) is 0 Å². The van der Waals surface area contributed by atoms with E-state index < -0.39 is 6.29 Å². The summed E-state index contributed by atoms with van der Waals surface area (Å²) in [5.74, 6) is -0.262. The van der Waals surface area contributed by atoms with Gasteiger partial charge in [0.15, 0.2) is 0 Å². The highest BCUT2D eigenvalue weighted by Crippen LogP contribution is 1.91. The zero-order chi connectivity index (χ0) is 8.69. The number of amides is 1. The standard InChI is InChI=1S/C6H16N4O/c7-5(11)3-1-2-4-10-6(8)9/h6,10H,1-4,8-9H2,(H2,7,11). The smallest absolute Gasteiger partial charge is 0.217 e. The summed E-state index contributed by atoms with van der Waals surface area (Å²) < 4.78 is 0. The molecule has 5 nitrogen and oxygen atoms in total. The minimum atomic E-state index is -0.469. The van der Waals surface area contributed by atoms with Gasteiger partial charge in [-0.05, 0) is 19.4 Å². The largest absolute Gasteiger partial charge is 0.370 e. The summed E-state index contributed by atoms with van der Waals surface area (Å²) in [4.78, 5) is 10.2. The maximum absolute atomic E-state index is 10.2. The van der Waals surface area contributed by atoms with Gasteiger partial charge in [0.1, 0.15) is 6.29 Å². The molecule has 0 rings (SSSR count).